The SMILES string of the molecule is Cc1sc(C2(C#N)CC2)nc1C(C)C. The molecule has 1 aromatic heterocycles. The summed E-state index contributed by atoms with van der Waals surface area (Å²) in [6.45, 7) is 6.40. The van der Waals surface area contributed by atoms with Crippen LogP contribution in [0.2, 0.25) is 0 Å². The predicted molar refractivity (Wildman–Crippen MR) is 57.5 cm³/mol. The van der Waals surface area contributed by atoms with E-state index in [1.165, 1.54) is 10.6 Å². The molecule has 1 saturated carbocycles. The van der Waals surface area contributed by atoms with Crippen molar-refractivity contribution in [1.82, 2.24) is 4.98 Å². The maximum absolute atomic E-state index is 9.07. The molecule has 0 aliphatic heterocycles. The molecule has 0 spiro atoms. The van der Waals surface area contributed by atoms with E-state index in [0.717, 1.165) is 17.8 Å². The molecule has 14 heavy (non-hydrogen) atoms. The molecule has 1 aliphatic carbocycles. The normalized spacial score (nSPS) is 18.2. The summed E-state index contributed by atoms with van der Waals surface area (Å²) in [4.78, 5) is 5.88. The third-order valence-corrected chi connectivity index (χ3v) is 3.94. The molecule has 0 bridgehead atoms. The van der Waals surface area contributed by atoms with Gasteiger partial charge in [-0.2, -0.15) is 5.26 Å². The van der Waals surface area contributed by atoms with E-state index in [4.69, 9.17) is 5.26 Å². The average Bonchev–Trinajstić information content (AvgIpc) is 2.84. The molecule has 0 unspecified atom stereocenters. The first-order valence-corrected chi connectivity index (χ1v) is 5.80. The van der Waals surface area contributed by atoms with Gasteiger partial charge in [-0.15, -0.1) is 11.3 Å². The molecule has 3 heteroatoms. The molecule has 0 N–H and O–H groups in total. The summed E-state index contributed by atoms with van der Waals surface area (Å²) < 4.78 is 0. The van der Waals surface area contributed by atoms with Gasteiger partial charge in [0.25, 0.3) is 0 Å². The van der Waals surface area contributed by atoms with Crippen LogP contribution in [0.25, 0.3) is 0 Å². The number of nitrogens with zero attached hydrogens (tertiary/aromatic N) is 2. The first-order chi connectivity index (χ1) is 6.59. The molecule has 1 fully saturated rings. The molecular formula is C11H14N2S. The minimum Gasteiger partial charge on any atom is -0.244 e. The Bertz CT molecular complexity index is 394. The largest absolute Gasteiger partial charge is 0.244 e. The van der Waals surface area contributed by atoms with E-state index in [1.54, 1.807) is 11.3 Å². The van der Waals surface area contributed by atoms with Crippen molar-refractivity contribution in [3.05, 3.63) is 15.6 Å². The number of hydrogen-bond donors (Lipinski definition) is 0. The lowest BCUT2D eigenvalue weighted by Gasteiger charge is -2.00. The fraction of sp³-hybridized carbons (Fsp3) is 0.636. The van der Waals surface area contributed by atoms with Gasteiger partial charge in [-0.1, -0.05) is 13.8 Å². The van der Waals surface area contributed by atoms with Gasteiger partial charge in [-0.3, -0.25) is 0 Å². The third kappa shape index (κ3) is 1.34. The Kier molecular flexibility index (Phi) is 2.11. The summed E-state index contributed by atoms with van der Waals surface area (Å²) >= 11 is 1.70. The van der Waals surface area contributed by atoms with E-state index >= 15 is 0 Å². The third-order valence-electron chi connectivity index (χ3n) is 2.75. The minimum atomic E-state index is -0.206. The molecule has 0 amide bonds. The summed E-state index contributed by atoms with van der Waals surface area (Å²) in [6.07, 6.45) is 1.99. The zero-order valence-electron chi connectivity index (χ0n) is 8.79. The van der Waals surface area contributed by atoms with E-state index in [-0.39, 0.29) is 5.41 Å². The van der Waals surface area contributed by atoms with E-state index < -0.39 is 0 Å². The van der Waals surface area contributed by atoms with Crippen LogP contribution in [0.15, 0.2) is 0 Å². The Hall–Kier alpha value is -0.880. The first-order valence-electron chi connectivity index (χ1n) is 4.98. The second kappa shape index (κ2) is 3.06. The number of aromatic nitrogens is 1. The van der Waals surface area contributed by atoms with Crippen LogP contribution < -0.4 is 0 Å². The van der Waals surface area contributed by atoms with Crippen molar-refractivity contribution < 1.29 is 0 Å². The van der Waals surface area contributed by atoms with Crippen LogP contribution in [0.3, 0.4) is 0 Å². The molecular weight excluding hydrogens is 192 g/mol. The van der Waals surface area contributed by atoms with E-state index in [2.05, 4.69) is 31.8 Å². The quantitative estimate of drug-likeness (QED) is 0.745. The number of aryl methyl sites for hydroxylation is 1. The van der Waals surface area contributed by atoms with E-state index in [9.17, 15) is 0 Å². The fourth-order valence-corrected chi connectivity index (χ4v) is 2.91. The Balaban J connectivity index is 2.39. The number of nitriles is 1. The van der Waals surface area contributed by atoms with E-state index in [1.807, 2.05) is 0 Å². The van der Waals surface area contributed by atoms with Gasteiger partial charge in [0, 0.05) is 4.88 Å². The van der Waals surface area contributed by atoms with Crippen LogP contribution >= 0.6 is 11.3 Å². The topological polar surface area (TPSA) is 36.7 Å². The molecule has 0 aromatic carbocycles. The lowest BCUT2D eigenvalue weighted by Crippen LogP contribution is -2.02. The molecule has 1 aliphatic rings. The second-order valence-electron chi connectivity index (χ2n) is 4.31. The van der Waals surface area contributed by atoms with Crippen molar-refractivity contribution in [2.75, 3.05) is 0 Å². The van der Waals surface area contributed by atoms with Crippen molar-refractivity contribution in [1.29, 1.82) is 5.26 Å². The molecule has 0 saturated heterocycles. The molecule has 1 aromatic rings. The molecule has 2 nitrogen and oxygen atoms in total. The van der Waals surface area contributed by atoms with Gasteiger partial charge in [-0.25, -0.2) is 4.98 Å². The van der Waals surface area contributed by atoms with Crippen LogP contribution in [0, 0.1) is 18.3 Å². The van der Waals surface area contributed by atoms with Gasteiger partial charge >= 0.3 is 0 Å². The van der Waals surface area contributed by atoms with Crippen LogP contribution in [0.5, 0.6) is 0 Å². The smallest absolute Gasteiger partial charge is 0.113 e. The fourth-order valence-electron chi connectivity index (χ4n) is 1.65. The molecule has 2 rings (SSSR count). The molecule has 0 atom stereocenters. The Morgan fingerprint density at radius 3 is 2.50 bits per heavy atom. The predicted octanol–water partition coefficient (Wildman–Crippen LogP) is 3.13. The van der Waals surface area contributed by atoms with Gasteiger partial charge in [0.1, 0.15) is 10.4 Å². The number of hydrogen-bond acceptors (Lipinski definition) is 3. The zero-order chi connectivity index (χ0) is 10.3. The van der Waals surface area contributed by atoms with Crippen molar-refractivity contribution in [3.8, 4) is 6.07 Å². The summed E-state index contributed by atoms with van der Waals surface area (Å²) in [5.41, 5.74) is 0.967. The highest BCUT2D eigenvalue weighted by molar-refractivity contribution is 7.11. The first kappa shape index (κ1) is 9.67. The number of thiazole rings is 1. The summed E-state index contributed by atoms with van der Waals surface area (Å²) in [5.74, 6) is 0.467. The van der Waals surface area contributed by atoms with Crippen molar-refractivity contribution in [3.63, 3.8) is 0 Å². The summed E-state index contributed by atoms with van der Waals surface area (Å²) in [5, 5.41) is 10.1. The van der Waals surface area contributed by atoms with Crippen molar-refractivity contribution in [2.24, 2.45) is 0 Å². The highest BCUT2D eigenvalue weighted by Gasteiger charge is 2.48. The highest BCUT2D eigenvalue weighted by atomic mass is 32.1. The molecule has 74 valence electrons. The zero-order valence-corrected chi connectivity index (χ0v) is 9.61. The molecule has 1 heterocycles. The van der Waals surface area contributed by atoms with Gasteiger partial charge in [0.2, 0.25) is 0 Å². The van der Waals surface area contributed by atoms with Gasteiger partial charge < -0.3 is 0 Å². The Labute approximate surface area is 88.6 Å². The van der Waals surface area contributed by atoms with Crippen LogP contribution in [-0.4, -0.2) is 4.98 Å². The van der Waals surface area contributed by atoms with Gasteiger partial charge in [0.15, 0.2) is 0 Å². The Morgan fingerprint density at radius 2 is 2.14 bits per heavy atom. The second-order valence-corrected chi connectivity index (χ2v) is 5.51. The van der Waals surface area contributed by atoms with Crippen LogP contribution in [0.4, 0.5) is 0 Å². The van der Waals surface area contributed by atoms with Gasteiger partial charge in [-0.05, 0) is 25.7 Å². The van der Waals surface area contributed by atoms with Crippen molar-refractivity contribution in [2.45, 2.75) is 44.9 Å². The van der Waals surface area contributed by atoms with Crippen LogP contribution in [0.1, 0.15) is 48.2 Å². The maximum atomic E-state index is 9.07. The lowest BCUT2D eigenvalue weighted by molar-refractivity contribution is 0.796. The minimum absolute atomic E-state index is 0.206. The molecule has 0 radical (unpaired) electrons. The van der Waals surface area contributed by atoms with Crippen LogP contribution in [-0.2, 0) is 5.41 Å². The maximum Gasteiger partial charge on any atom is 0.113 e. The standard InChI is InChI=1S/C11H14N2S/c1-7(2)9-8(3)14-10(13-9)11(6-12)4-5-11/h7H,4-5H2,1-3H3. The Morgan fingerprint density at radius 1 is 1.50 bits per heavy atom. The highest BCUT2D eigenvalue weighted by Crippen LogP contribution is 2.49. The summed E-state index contributed by atoms with van der Waals surface area (Å²) in [7, 11) is 0. The average molecular weight is 206 g/mol. The number of rotatable bonds is 2. The van der Waals surface area contributed by atoms with Crippen molar-refractivity contribution >= 4 is 11.3 Å². The monoisotopic (exact) mass is 206 g/mol. The summed E-state index contributed by atoms with van der Waals surface area (Å²) in [6, 6.07) is 2.40. The van der Waals surface area contributed by atoms with Gasteiger partial charge in [0.05, 0.1) is 11.8 Å². The lowest BCUT2D eigenvalue weighted by atomic mass is 10.1. The van der Waals surface area contributed by atoms with E-state index in [0.29, 0.717) is 5.92 Å².